The number of Topliss-reactive ketones (excluding diaryl/α,β-unsaturated/α-hetero) is 1. The lowest BCUT2D eigenvalue weighted by Gasteiger charge is -2.06. The van der Waals surface area contributed by atoms with Crippen LogP contribution in [0.4, 0.5) is 0 Å². The quantitative estimate of drug-likeness (QED) is 0.801. The van der Waals surface area contributed by atoms with E-state index in [4.69, 9.17) is 5.73 Å². The second-order valence-corrected chi connectivity index (χ2v) is 6.06. The third kappa shape index (κ3) is 2.11. The van der Waals surface area contributed by atoms with E-state index in [0.29, 0.717) is 10.6 Å². The Balaban J connectivity index is 2.12. The van der Waals surface area contributed by atoms with Crippen molar-refractivity contribution in [1.82, 2.24) is 0 Å². The molecule has 2 aromatic rings. The molecular formula is C15H10BrNOS. The van der Waals surface area contributed by atoms with Crippen LogP contribution in [0.15, 0.2) is 62.8 Å². The Bertz CT molecular complexity index is 709. The summed E-state index contributed by atoms with van der Waals surface area (Å²) >= 11 is 4.90. The van der Waals surface area contributed by atoms with E-state index in [1.54, 1.807) is 0 Å². The number of ketones is 1. The Hall–Kier alpha value is -1.52. The fraction of sp³-hybridized carbons (Fsp3) is 0. The molecule has 0 aromatic heterocycles. The van der Waals surface area contributed by atoms with Crippen molar-refractivity contribution in [2.75, 3.05) is 0 Å². The van der Waals surface area contributed by atoms with Crippen LogP contribution < -0.4 is 5.73 Å². The van der Waals surface area contributed by atoms with Gasteiger partial charge in [0, 0.05) is 20.5 Å². The Morgan fingerprint density at radius 3 is 2.47 bits per heavy atom. The SMILES string of the molecule is NC(=C1Sc2ccccc2C1=O)c1ccccc1Br. The highest BCUT2D eigenvalue weighted by molar-refractivity contribution is 9.10. The summed E-state index contributed by atoms with van der Waals surface area (Å²) in [5, 5.41) is 0. The fourth-order valence-electron chi connectivity index (χ4n) is 2.00. The highest BCUT2D eigenvalue weighted by atomic mass is 79.9. The molecule has 0 amide bonds. The largest absolute Gasteiger partial charge is 0.397 e. The van der Waals surface area contributed by atoms with Crippen molar-refractivity contribution in [2.24, 2.45) is 5.73 Å². The zero-order chi connectivity index (χ0) is 13.4. The number of fused-ring (bicyclic) bond motifs is 1. The highest BCUT2D eigenvalue weighted by Gasteiger charge is 2.28. The summed E-state index contributed by atoms with van der Waals surface area (Å²) in [4.78, 5) is 13.9. The van der Waals surface area contributed by atoms with Crippen LogP contribution in [-0.2, 0) is 0 Å². The summed E-state index contributed by atoms with van der Waals surface area (Å²) in [6, 6.07) is 15.2. The summed E-state index contributed by atoms with van der Waals surface area (Å²) in [6.07, 6.45) is 0. The molecule has 0 bridgehead atoms. The number of halogens is 1. The van der Waals surface area contributed by atoms with Crippen molar-refractivity contribution in [1.29, 1.82) is 0 Å². The van der Waals surface area contributed by atoms with E-state index >= 15 is 0 Å². The molecule has 0 spiro atoms. The molecule has 94 valence electrons. The molecule has 0 atom stereocenters. The van der Waals surface area contributed by atoms with Crippen molar-refractivity contribution in [3.05, 3.63) is 69.0 Å². The maximum atomic E-state index is 12.3. The van der Waals surface area contributed by atoms with Crippen LogP contribution >= 0.6 is 27.7 Å². The molecule has 1 heterocycles. The normalized spacial score (nSPS) is 16.4. The average molecular weight is 332 g/mol. The number of allylic oxidation sites excluding steroid dienone is 1. The number of benzene rings is 2. The third-order valence-electron chi connectivity index (χ3n) is 2.96. The average Bonchev–Trinajstić information content (AvgIpc) is 2.77. The first kappa shape index (κ1) is 12.5. The number of nitrogens with two attached hydrogens (primary N) is 1. The molecule has 0 aliphatic carbocycles. The van der Waals surface area contributed by atoms with Gasteiger partial charge in [-0.25, -0.2) is 0 Å². The molecular weight excluding hydrogens is 322 g/mol. The van der Waals surface area contributed by atoms with Crippen LogP contribution in [0.1, 0.15) is 15.9 Å². The van der Waals surface area contributed by atoms with Crippen LogP contribution in [-0.4, -0.2) is 5.78 Å². The van der Waals surface area contributed by atoms with Crippen molar-refractivity contribution >= 4 is 39.2 Å². The van der Waals surface area contributed by atoms with Crippen molar-refractivity contribution in [2.45, 2.75) is 4.90 Å². The zero-order valence-corrected chi connectivity index (χ0v) is 12.3. The molecule has 0 unspecified atom stereocenters. The molecule has 3 rings (SSSR count). The van der Waals surface area contributed by atoms with Crippen molar-refractivity contribution in [3.63, 3.8) is 0 Å². The molecule has 4 heteroatoms. The van der Waals surface area contributed by atoms with E-state index in [2.05, 4.69) is 15.9 Å². The van der Waals surface area contributed by atoms with Crippen LogP contribution in [0.5, 0.6) is 0 Å². The van der Waals surface area contributed by atoms with Gasteiger partial charge in [-0.3, -0.25) is 4.79 Å². The topological polar surface area (TPSA) is 43.1 Å². The Labute approximate surface area is 123 Å². The Kier molecular flexibility index (Phi) is 3.21. The molecule has 2 N–H and O–H groups in total. The van der Waals surface area contributed by atoms with Gasteiger partial charge in [-0.05, 0) is 18.2 Å². The standard InChI is InChI=1S/C15H10BrNOS/c16-11-7-3-1-5-9(11)13(17)15-14(18)10-6-2-4-8-12(10)19-15/h1-8H,17H2. The van der Waals surface area contributed by atoms with E-state index in [9.17, 15) is 4.79 Å². The summed E-state index contributed by atoms with van der Waals surface area (Å²) in [7, 11) is 0. The monoisotopic (exact) mass is 331 g/mol. The first-order valence-electron chi connectivity index (χ1n) is 5.74. The number of carbonyl (C=O) groups excluding carboxylic acids is 1. The molecule has 0 saturated carbocycles. The third-order valence-corrected chi connectivity index (χ3v) is 4.84. The minimum atomic E-state index is 0.00820. The Morgan fingerprint density at radius 1 is 1.05 bits per heavy atom. The van der Waals surface area contributed by atoms with Gasteiger partial charge in [0.05, 0.1) is 10.6 Å². The maximum Gasteiger partial charge on any atom is 0.202 e. The van der Waals surface area contributed by atoms with Gasteiger partial charge in [0.25, 0.3) is 0 Å². The lowest BCUT2D eigenvalue weighted by Crippen LogP contribution is -2.05. The number of hydrogen-bond donors (Lipinski definition) is 1. The number of hydrogen-bond acceptors (Lipinski definition) is 3. The van der Waals surface area contributed by atoms with E-state index in [-0.39, 0.29) is 5.78 Å². The Morgan fingerprint density at radius 2 is 1.74 bits per heavy atom. The van der Waals surface area contributed by atoms with Gasteiger partial charge >= 0.3 is 0 Å². The zero-order valence-electron chi connectivity index (χ0n) is 9.89. The molecule has 2 aromatic carbocycles. The molecule has 1 aliphatic heterocycles. The summed E-state index contributed by atoms with van der Waals surface area (Å²) < 4.78 is 0.893. The van der Waals surface area contributed by atoms with E-state index in [0.717, 1.165) is 20.5 Å². The van der Waals surface area contributed by atoms with Crippen LogP contribution in [0.2, 0.25) is 0 Å². The van der Waals surface area contributed by atoms with Crippen molar-refractivity contribution < 1.29 is 4.79 Å². The van der Waals surface area contributed by atoms with Crippen LogP contribution in [0.25, 0.3) is 5.70 Å². The fourth-order valence-corrected chi connectivity index (χ4v) is 3.56. The van der Waals surface area contributed by atoms with Crippen LogP contribution in [0, 0.1) is 0 Å². The lowest BCUT2D eigenvalue weighted by atomic mass is 10.1. The van der Waals surface area contributed by atoms with Gasteiger partial charge in [0.2, 0.25) is 5.78 Å². The predicted octanol–water partition coefficient (Wildman–Crippen LogP) is 4.07. The summed E-state index contributed by atoms with van der Waals surface area (Å²) in [6.45, 7) is 0. The molecule has 0 radical (unpaired) electrons. The smallest absolute Gasteiger partial charge is 0.202 e. The highest BCUT2D eigenvalue weighted by Crippen LogP contribution is 2.42. The molecule has 0 saturated heterocycles. The number of thioether (sulfide) groups is 1. The summed E-state index contributed by atoms with van der Waals surface area (Å²) in [5.74, 6) is 0.00820. The minimum Gasteiger partial charge on any atom is -0.397 e. The first-order chi connectivity index (χ1) is 9.18. The number of carbonyl (C=O) groups is 1. The predicted molar refractivity (Wildman–Crippen MR) is 81.9 cm³/mol. The molecule has 19 heavy (non-hydrogen) atoms. The first-order valence-corrected chi connectivity index (χ1v) is 7.35. The van der Waals surface area contributed by atoms with Gasteiger partial charge in [-0.15, -0.1) is 0 Å². The summed E-state index contributed by atoms with van der Waals surface area (Å²) in [5.41, 5.74) is 8.29. The van der Waals surface area contributed by atoms with E-state index in [1.165, 1.54) is 11.8 Å². The van der Waals surface area contributed by atoms with Gasteiger partial charge in [-0.1, -0.05) is 58.0 Å². The minimum absolute atomic E-state index is 0.00820. The van der Waals surface area contributed by atoms with Crippen LogP contribution in [0.3, 0.4) is 0 Å². The lowest BCUT2D eigenvalue weighted by molar-refractivity contribution is 0.104. The number of rotatable bonds is 1. The van der Waals surface area contributed by atoms with Gasteiger partial charge in [-0.2, -0.15) is 0 Å². The maximum absolute atomic E-state index is 12.3. The second kappa shape index (κ2) is 4.87. The van der Waals surface area contributed by atoms with Gasteiger partial charge < -0.3 is 5.73 Å². The molecule has 1 aliphatic rings. The molecule has 0 fully saturated rings. The van der Waals surface area contributed by atoms with Gasteiger partial charge in [0.1, 0.15) is 0 Å². The second-order valence-electron chi connectivity index (χ2n) is 4.15. The van der Waals surface area contributed by atoms with E-state index < -0.39 is 0 Å². The van der Waals surface area contributed by atoms with E-state index in [1.807, 2.05) is 48.5 Å². The van der Waals surface area contributed by atoms with Gasteiger partial charge in [0.15, 0.2) is 0 Å². The van der Waals surface area contributed by atoms with Crippen molar-refractivity contribution in [3.8, 4) is 0 Å². The molecule has 2 nitrogen and oxygen atoms in total.